The highest BCUT2D eigenvalue weighted by atomic mass is 16.5. The minimum atomic E-state index is -0.0606. The van der Waals surface area contributed by atoms with Crippen LogP contribution in [0.5, 0.6) is 5.75 Å². The van der Waals surface area contributed by atoms with E-state index in [0.29, 0.717) is 19.6 Å². The second-order valence-electron chi connectivity index (χ2n) is 9.87. The standard InChI is InChI=1S/C31H37N5O2/c1-38-30-14-8-5-11-24(30)18-33-20-26(17-25-19-34-28-13-7-6-12-27(25)28)35-31(37)22-36-16-15-32-21-29(36)23-9-3-2-4-10-23/h2-14,19,26,29,32-34H,15-18,20-22H2,1H3,(H,35,37). The van der Waals surface area contributed by atoms with Crippen LogP contribution in [0.15, 0.2) is 85.1 Å². The number of rotatable bonds is 11. The topological polar surface area (TPSA) is 81.4 Å². The molecule has 5 rings (SSSR count). The number of piperazine rings is 1. The molecule has 38 heavy (non-hydrogen) atoms. The molecule has 0 radical (unpaired) electrons. The number of aromatic nitrogens is 1. The van der Waals surface area contributed by atoms with Crippen LogP contribution in [0.4, 0.5) is 0 Å². The number of hydrogen-bond acceptors (Lipinski definition) is 5. The molecule has 0 saturated carbocycles. The maximum atomic E-state index is 13.4. The zero-order valence-electron chi connectivity index (χ0n) is 22.0. The van der Waals surface area contributed by atoms with E-state index in [1.807, 2.05) is 30.3 Å². The molecule has 198 valence electrons. The molecule has 1 saturated heterocycles. The Morgan fingerprint density at radius 1 is 1.03 bits per heavy atom. The number of benzene rings is 3. The second-order valence-corrected chi connectivity index (χ2v) is 9.87. The molecule has 7 nitrogen and oxygen atoms in total. The van der Waals surface area contributed by atoms with E-state index in [1.165, 1.54) is 16.5 Å². The number of carbonyl (C=O) groups is 1. The summed E-state index contributed by atoms with van der Waals surface area (Å²) in [4.78, 5) is 19.0. The number of fused-ring (bicyclic) bond motifs is 1. The Labute approximate surface area is 224 Å². The molecule has 1 aromatic heterocycles. The van der Waals surface area contributed by atoms with Crippen LogP contribution in [0, 0.1) is 0 Å². The molecule has 2 heterocycles. The smallest absolute Gasteiger partial charge is 0.234 e. The largest absolute Gasteiger partial charge is 0.496 e. The van der Waals surface area contributed by atoms with Gasteiger partial charge in [0.15, 0.2) is 0 Å². The highest BCUT2D eigenvalue weighted by molar-refractivity contribution is 5.83. The predicted molar refractivity (Wildman–Crippen MR) is 152 cm³/mol. The first-order valence-corrected chi connectivity index (χ1v) is 13.4. The molecular formula is C31H37N5O2. The number of nitrogens with one attached hydrogen (secondary N) is 4. The van der Waals surface area contributed by atoms with Crippen molar-refractivity contribution < 1.29 is 9.53 Å². The average Bonchev–Trinajstić information content (AvgIpc) is 3.36. The van der Waals surface area contributed by atoms with Crippen LogP contribution in [0.25, 0.3) is 10.9 Å². The van der Waals surface area contributed by atoms with E-state index in [0.717, 1.165) is 42.9 Å². The molecule has 1 aliphatic heterocycles. The number of hydrogen-bond donors (Lipinski definition) is 4. The van der Waals surface area contributed by atoms with Gasteiger partial charge in [0.25, 0.3) is 0 Å². The summed E-state index contributed by atoms with van der Waals surface area (Å²) in [5.41, 5.74) is 4.65. The molecule has 3 aromatic carbocycles. The van der Waals surface area contributed by atoms with Gasteiger partial charge in [-0.25, -0.2) is 0 Å². The van der Waals surface area contributed by atoms with Crippen LogP contribution in [-0.2, 0) is 17.8 Å². The molecule has 7 heteroatoms. The molecule has 1 amide bonds. The summed E-state index contributed by atoms with van der Waals surface area (Å²) in [6, 6.07) is 26.9. The first kappa shape index (κ1) is 26.0. The highest BCUT2D eigenvalue weighted by Gasteiger charge is 2.26. The van der Waals surface area contributed by atoms with Crippen molar-refractivity contribution in [2.75, 3.05) is 39.8 Å². The molecule has 0 spiro atoms. The Balaban J connectivity index is 1.27. The Morgan fingerprint density at radius 3 is 2.68 bits per heavy atom. The van der Waals surface area contributed by atoms with Gasteiger partial charge in [0, 0.05) is 67.5 Å². The lowest BCUT2D eigenvalue weighted by Crippen LogP contribution is -2.52. The lowest BCUT2D eigenvalue weighted by atomic mass is 10.0. The van der Waals surface area contributed by atoms with Gasteiger partial charge >= 0.3 is 0 Å². The minimum absolute atomic E-state index is 0.0526. The fourth-order valence-corrected chi connectivity index (χ4v) is 5.37. The van der Waals surface area contributed by atoms with Crippen LogP contribution in [0.3, 0.4) is 0 Å². The quantitative estimate of drug-likeness (QED) is 0.247. The van der Waals surface area contributed by atoms with Gasteiger partial charge in [-0.15, -0.1) is 0 Å². The molecule has 0 aliphatic carbocycles. The number of carbonyl (C=O) groups excluding carboxylic acids is 1. The van der Waals surface area contributed by atoms with Gasteiger partial charge in [-0.3, -0.25) is 9.69 Å². The van der Waals surface area contributed by atoms with Crippen molar-refractivity contribution >= 4 is 16.8 Å². The summed E-state index contributed by atoms with van der Waals surface area (Å²) in [6.07, 6.45) is 2.80. The summed E-state index contributed by atoms with van der Waals surface area (Å²) in [5, 5.41) is 11.6. The van der Waals surface area contributed by atoms with Crippen LogP contribution in [0.2, 0.25) is 0 Å². The third-order valence-electron chi connectivity index (χ3n) is 7.29. The number of amides is 1. The van der Waals surface area contributed by atoms with Crippen molar-refractivity contribution in [2.45, 2.75) is 25.0 Å². The summed E-state index contributed by atoms with van der Waals surface area (Å²) < 4.78 is 5.51. The first-order valence-electron chi connectivity index (χ1n) is 13.4. The Bertz CT molecular complexity index is 1320. The number of ether oxygens (including phenoxy) is 1. The van der Waals surface area contributed by atoms with Crippen LogP contribution in [-0.4, -0.2) is 61.7 Å². The van der Waals surface area contributed by atoms with Crippen molar-refractivity contribution in [2.24, 2.45) is 0 Å². The fourth-order valence-electron chi connectivity index (χ4n) is 5.37. The lowest BCUT2D eigenvalue weighted by Gasteiger charge is -2.36. The number of methoxy groups -OCH3 is 1. The SMILES string of the molecule is COc1ccccc1CNCC(Cc1c[nH]c2ccccc12)NC(=O)CN1CCNCC1c1ccccc1. The van der Waals surface area contributed by atoms with Gasteiger partial charge in [-0.2, -0.15) is 0 Å². The van der Waals surface area contributed by atoms with Crippen LogP contribution < -0.4 is 20.7 Å². The normalized spacial score (nSPS) is 16.8. The fraction of sp³-hybridized carbons (Fsp3) is 0.323. The van der Waals surface area contributed by atoms with Crippen molar-refractivity contribution in [1.29, 1.82) is 0 Å². The number of H-pyrrole nitrogens is 1. The number of aromatic amines is 1. The summed E-state index contributed by atoms with van der Waals surface area (Å²) in [5.74, 6) is 0.916. The van der Waals surface area contributed by atoms with Crippen LogP contribution in [0.1, 0.15) is 22.7 Å². The Hall–Kier alpha value is -3.65. The van der Waals surface area contributed by atoms with Gasteiger partial charge in [0.2, 0.25) is 5.91 Å². The molecule has 2 atom stereocenters. The van der Waals surface area contributed by atoms with Crippen molar-refractivity contribution in [3.05, 3.63) is 102 Å². The summed E-state index contributed by atoms with van der Waals surface area (Å²) in [6.45, 7) is 4.25. The molecule has 4 aromatic rings. The van der Waals surface area contributed by atoms with Gasteiger partial charge in [-0.1, -0.05) is 66.7 Å². The van der Waals surface area contributed by atoms with E-state index in [1.54, 1.807) is 7.11 Å². The molecule has 4 N–H and O–H groups in total. The van der Waals surface area contributed by atoms with Crippen molar-refractivity contribution in [3.8, 4) is 5.75 Å². The molecule has 2 unspecified atom stereocenters. The van der Waals surface area contributed by atoms with Crippen molar-refractivity contribution in [3.63, 3.8) is 0 Å². The Morgan fingerprint density at radius 2 is 1.82 bits per heavy atom. The molecular weight excluding hydrogens is 474 g/mol. The second kappa shape index (κ2) is 12.7. The third kappa shape index (κ3) is 6.42. The summed E-state index contributed by atoms with van der Waals surface area (Å²) in [7, 11) is 1.69. The zero-order valence-corrected chi connectivity index (χ0v) is 22.0. The Kier molecular flexibility index (Phi) is 8.71. The molecule has 1 aliphatic rings. The van der Waals surface area contributed by atoms with Gasteiger partial charge in [-0.05, 0) is 29.7 Å². The first-order chi connectivity index (χ1) is 18.7. The predicted octanol–water partition coefficient (Wildman–Crippen LogP) is 3.64. The molecule has 1 fully saturated rings. The van der Waals surface area contributed by atoms with E-state index in [4.69, 9.17) is 4.74 Å². The van der Waals surface area contributed by atoms with Crippen LogP contribution >= 0.6 is 0 Å². The van der Waals surface area contributed by atoms with E-state index in [-0.39, 0.29) is 18.0 Å². The summed E-state index contributed by atoms with van der Waals surface area (Å²) >= 11 is 0. The number of para-hydroxylation sites is 2. The monoisotopic (exact) mass is 511 g/mol. The maximum absolute atomic E-state index is 13.4. The zero-order chi connectivity index (χ0) is 26.2. The lowest BCUT2D eigenvalue weighted by molar-refractivity contribution is -0.123. The van der Waals surface area contributed by atoms with Gasteiger partial charge in [0.1, 0.15) is 5.75 Å². The van der Waals surface area contributed by atoms with Gasteiger partial charge in [0.05, 0.1) is 13.7 Å². The van der Waals surface area contributed by atoms with E-state index in [2.05, 4.69) is 80.6 Å². The average molecular weight is 512 g/mol. The molecule has 0 bridgehead atoms. The van der Waals surface area contributed by atoms with Gasteiger partial charge < -0.3 is 25.7 Å². The maximum Gasteiger partial charge on any atom is 0.234 e. The van der Waals surface area contributed by atoms with Crippen molar-refractivity contribution in [1.82, 2.24) is 25.8 Å². The van der Waals surface area contributed by atoms with E-state index in [9.17, 15) is 4.79 Å². The van der Waals surface area contributed by atoms with E-state index < -0.39 is 0 Å². The highest BCUT2D eigenvalue weighted by Crippen LogP contribution is 2.22. The van der Waals surface area contributed by atoms with E-state index >= 15 is 0 Å². The minimum Gasteiger partial charge on any atom is -0.496 e. The number of nitrogens with zero attached hydrogens (tertiary/aromatic N) is 1. The third-order valence-corrected chi connectivity index (χ3v) is 7.29.